The number of hydrogen-bond acceptors (Lipinski definition) is 5. The molecule has 0 fully saturated rings. The predicted octanol–water partition coefficient (Wildman–Crippen LogP) is 5.53. The summed E-state index contributed by atoms with van der Waals surface area (Å²) < 4.78 is 21.5. The number of ether oxygens (including phenoxy) is 1. The number of carbonyl (C=O) groups is 1. The third-order valence-electron chi connectivity index (χ3n) is 4.70. The van der Waals surface area contributed by atoms with Crippen LogP contribution >= 0.6 is 11.8 Å². The predicted molar refractivity (Wildman–Crippen MR) is 123 cm³/mol. The first-order valence-corrected chi connectivity index (χ1v) is 10.8. The Balaban J connectivity index is 1.38. The molecule has 1 N–H and O–H groups in total. The van der Waals surface area contributed by atoms with Crippen molar-refractivity contribution in [1.82, 2.24) is 14.8 Å². The van der Waals surface area contributed by atoms with Gasteiger partial charge in [0.05, 0.1) is 10.8 Å². The second kappa shape index (κ2) is 9.65. The number of nitrogens with zero attached hydrogens (tertiary/aromatic N) is 3. The molecule has 0 saturated carbocycles. The molecule has 0 radical (unpaired) electrons. The van der Waals surface area contributed by atoms with Crippen molar-refractivity contribution in [3.63, 3.8) is 0 Å². The van der Waals surface area contributed by atoms with Crippen molar-refractivity contribution in [3.05, 3.63) is 84.7 Å². The van der Waals surface area contributed by atoms with Crippen LogP contribution in [0.25, 0.3) is 11.4 Å². The molecule has 1 heterocycles. The summed E-state index contributed by atoms with van der Waals surface area (Å²) in [4.78, 5) is 12.7. The maximum atomic E-state index is 14.1. The van der Waals surface area contributed by atoms with Crippen LogP contribution in [0.15, 0.2) is 84.0 Å². The molecule has 0 aliphatic heterocycles. The highest BCUT2D eigenvalue weighted by molar-refractivity contribution is 8.00. The zero-order valence-electron chi connectivity index (χ0n) is 17.5. The van der Waals surface area contributed by atoms with Gasteiger partial charge in [-0.3, -0.25) is 4.79 Å². The van der Waals surface area contributed by atoms with Crippen molar-refractivity contribution < 1.29 is 13.9 Å². The lowest BCUT2D eigenvalue weighted by Gasteiger charge is -2.12. The number of thioether (sulfide) groups is 1. The Morgan fingerprint density at radius 3 is 2.34 bits per heavy atom. The molecular formula is C24H21FN4O2S. The zero-order valence-corrected chi connectivity index (χ0v) is 18.3. The Bertz CT molecular complexity index is 1210. The summed E-state index contributed by atoms with van der Waals surface area (Å²) in [5.74, 6) is 1.28. The maximum Gasteiger partial charge on any atom is 0.237 e. The number of amides is 1. The van der Waals surface area contributed by atoms with Crippen molar-refractivity contribution in [2.75, 3.05) is 5.32 Å². The van der Waals surface area contributed by atoms with E-state index in [1.54, 1.807) is 61.0 Å². The minimum absolute atomic E-state index is 0.179. The van der Waals surface area contributed by atoms with Crippen LogP contribution in [-0.2, 0) is 11.8 Å². The molecule has 1 unspecified atom stereocenters. The van der Waals surface area contributed by atoms with Crippen LogP contribution in [0.1, 0.15) is 6.92 Å². The van der Waals surface area contributed by atoms with E-state index in [0.29, 0.717) is 28.0 Å². The van der Waals surface area contributed by atoms with Gasteiger partial charge in [0.25, 0.3) is 0 Å². The van der Waals surface area contributed by atoms with Gasteiger partial charge in [-0.2, -0.15) is 0 Å². The number of carbonyl (C=O) groups excluding carboxylic acids is 1. The lowest BCUT2D eigenvalue weighted by Crippen LogP contribution is -2.22. The van der Waals surface area contributed by atoms with E-state index >= 15 is 0 Å². The van der Waals surface area contributed by atoms with Gasteiger partial charge in [0.2, 0.25) is 5.91 Å². The molecule has 1 aromatic heterocycles. The third kappa shape index (κ3) is 4.97. The van der Waals surface area contributed by atoms with Crippen LogP contribution in [0.5, 0.6) is 11.5 Å². The summed E-state index contributed by atoms with van der Waals surface area (Å²) in [6, 6.07) is 23.0. The van der Waals surface area contributed by atoms with Gasteiger partial charge >= 0.3 is 0 Å². The number of para-hydroxylation sites is 1. The van der Waals surface area contributed by atoms with Gasteiger partial charge in [-0.05, 0) is 55.5 Å². The van der Waals surface area contributed by atoms with E-state index in [1.165, 1.54) is 17.8 Å². The highest BCUT2D eigenvalue weighted by atomic mass is 32.2. The van der Waals surface area contributed by atoms with Gasteiger partial charge in [-0.1, -0.05) is 42.1 Å². The summed E-state index contributed by atoms with van der Waals surface area (Å²) in [5, 5.41) is 11.2. The molecule has 0 saturated heterocycles. The van der Waals surface area contributed by atoms with Crippen LogP contribution < -0.4 is 10.1 Å². The summed E-state index contributed by atoms with van der Waals surface area (Å²) in [6.45, 7) is 1.78. The van der Waals surface area contributed by atoms with Crippen molar-refractivity contribution in [2.45, 2.75) is 17.3 Å². The molecule has 162 valence electrons. The fraction of sp³-hybridized carbons (Fsp3) is 0.125. The lowest BCUT2D eigenvalue weighted by atomic mass is 10.2. The fourth-order valence-electron chi connectivity index (χ4n) is 2.98. The molecule has 4 aromatic rings. The van der Waals surface area contributed by atoms with Gasteiger partial charge in [-0.15, -0.1) is 10.2 Å². The maximum absolute atomic E-state index is 14.1. The van der Waals surface area contributed by atoms with Gasteiger partial charge in [0.1, 0.15) is 17.3 Å². The van der Waals surface area contributed by atoms with Crippen LogP contribution in [0.3, 0.4) is 0 Å². The molecular weight excluding hydrogens is 427 g/mol. The number of aromatic nitrogens is 3. The van der Waals surface area contributed by atoms with Crippen molar-refractivity contribution in [3.8, 4) is 22.9 Å². The fourth-order valence-corrected chi connectivity index (χ4v) is 3.80. The molecule has 0 aliphatic carbocycles. The highest BCUT2D eigenvalue weighted by Gasteiger charge is 2.20. The average molecular weight is 449 g/mol. The Kier molecular flexibility index (Phi) is 6.51. The second-order valence-electron chi connectivity index (χ2n) is 7.03. The van der Waals surface area contributed by atoms with E-state index in [1.807, 2.05) is 30.3 Å². The molecule has 1 amide bonds. The molecule has 32 heavy (non-hydrogen) atoms. The molecule has 6 nitrogen and oxygen atoms in total. The van der Waals surface area contributed by atoms with Gasteiger partial charge in [-0.25, -0.2) is 4.39 Å². The third-order valence-corrected chi connectivity index (χ3v) is 5.84. The van der Waals surface area contributed by atoms with Crippen LogP contribution in [0.2, 0.25) is 0 Å². The van der Waals surface area contributed by atoms with Crippen LogP contribution in [-0.4, -0.2) is 25.9 Å². The second-order valence-corrected chi connectivity index (χ2v) is 8.34. The molecule has 0 aliphatic rings. The first kappa shape index (κ1) is 21.6. The van der Waals surface area contributed by atoms with E-state index in [4.69, 9.17) is 4.74 Å². The largest absolute Gasteiger partial charge is 0.457 e. The highest BCUT2D eigenvalue weighted by Crippen LogP contribution is 2.28. The zero-order chi connectivity index (χ0) is 22.5. The summed E-state index contributed by atoms with van der Waals surface area (Å²) in [7, 11) is 1.75. The van der Waals surface area contributed by atoms with Gasteiger partial charge in [0, 0.05) is 12.7 Å². The summed E-state index contributed by atoms with van der Waals surface area (Å²) in [5.41, 5.74) is 1.03. The van der Waals surface area contributed by atoms with E-state index < -0.39 is 5.25 Å². The topological polar surface area (TPSA) is 69.0 Å². The standard InChI is InChI=1S/C24H21FN4O2S/c1-16(32-24-28-27-22(29(24)2)20-10-6-7-11-21(20)25)23(30)26-17-12-14-19(15-13-17)31-18-8-4-3-5-9-18/h3-16H,1-2H3,(H,26,30). The summed E-state index contributed by atoms with van der Waals surface area (Å²) >= 11 is 1.25. The van der Waals surface area contributed by atoms with E-state index in [2.05, 4.69) is 15.5 Å². The lowest BCUT2D eigenvalue weighted by molar-refractivity contribution is -0.115. The summed E-state index contributed by atoms with van der Waals surface area (Å²) in [6.07, 6.45) is 0. The molecule has 3 aromatic carbocycles. The quantitative estimate of drug-likeness (QED) is 0.376. The number of nitrogens with one attached hydrogen (secondary N) is 1. The first-order chi connectivity index (χ1) is 15.5. The SMILES string of the molecule is CC(Sc1nnc(-c2ccccc2F)n1C)C(=O)Nc1ccc(Oc2ccccc2)cc1. The van der Waals surface area contributed by atoms with Crippen molar-refractivity contribution >= 4 is 23.4 Å². The molecule has 8 heteroatoms. The normalized spacial score (nSPS) is 11.7. The minimum Gasteiger partial charge on any atom is -0.457 e. The Labute approximate surface area is 189 Å². The molecule has 0 bridgehead atoms. The van der Waals surface area contributed by atoms with Crippen molar-refractivity contribution in [1.29, 1.82) is 0 Å². The van der Waals surface area contributed by atoms with E-state index in [9.17, 15) is 9.18 Å². The van der Waals surface area contributed by atoms with Crippen LogP contribution in [0.4, 0.5) is 10.1 Å². The Morgan fingerprint density at radius 2 is 1.62 bits per heavy atom. The van der Waals surface area contributed by atoms with Crippen molar-refractivity contribution in [2.24, 2.45) is 7.05 Å². The van der Waals surface area contributed by atoms with E-state index in [-0.39, 0.29) is 11.7 Å². The number of benzene rings is 3. The smallest absolute Gasteiger partial charge is 0.237 e. The number of halogens is 1. The Hall–Kier alpha value is -3.65. The van der Waals surface area contributed by atoms with E-state index in [0.717, 1.165) is 5.75 Å². The molecule has 4 rings (SSSR count). The Morgan fingerprint density at radius 1 is 0.969 bits per heavy atom. The first-order valence-electron chi connectivity index (χ1n) is 9.96. The minimum atomic E-state index is -0.438. The number of hydrogen-bond donors (Lipinski definition) is 1. The average Bonchev–Trinajstić information content (AvgIpc) is 3.16. The van der Waals surface area contributed by atoms with Gasteiger partial charge < -0.3 is 14.6 Å². The number of anilines is 1. The molecule has 1 atom stereocenters. The van der Waals surface area contributed by atoms with Gasteiger partial charge in [0.15, 0.2) is 11.0 Å². The van der Waals surface area contributed by atoms with Crippen LogP contribution in [0, 0.1) is 5.82 Å². The number of rotatable bonds is 7. The molecule has 0 spiro atoms. The monoisotopic (exact) mass is 448 g/mol.